The molecule has 6 nitrogen and oxygen atoms in total. The molecule has 1 amide bonds. The van der Waals surface area contributed by atoms with Crippen molar-refractivity contribution in [3.8, 4) is 0 Å². The van der Waals surface area contributed by atoms with E-state index >= 15 is 0 Å². The average Bonchev–Trinajstić information content (AvgIpc) is 3.19. The second kappa shape index (κ2) is 6.37. The summed E-state index contributed by atoms with van der Waals surface area (Å²) >= 11 is 1.52. The number of sulfonamides is 1. The molecule has 0 aliphatic carbocycles. The van der Waals surface area contributed by atoms with Gasteiger partial charge in [-0.05, 0) is 55.8 Å². The summed E-state index contributed by atoms with van der Waals surface area (Å²) in [6.45, 7) is 2.60. The lowest BCUT2D eigenvalue weighted by atomic mass is 10.3. The number of carbonyl (C=O) groups is 1. The third-order valence-corrected chi connectivity index (χ3v) is 6.61. The summed E-state index contributed by atoms with van der Waals surface area (Å²) in [5.41, 5.74) is 2.09. The molecule has 1 aliphatic heterocycles. The number of hydrogen-bond donors (Lipinski definition) is 1. The van der Waals surface area contributed by atoms with Crippen LogP contribution in [-0.4, -0.2) is 25.9 Å². The number of fused-ring (bicyclic) bond motifs is 1. The van der Waals surface area contributed by atoms with Crippen molar-refractivity contribution in [3.63, 3.8) is 0 Å². The monoisotopic (exact) mass is 387 g/mol. The highest BCUT2D eigenvalue weighted by molar-refractivity contribution is 7.92. The van der Waals surface area contributed by atoms with E-state index in [0.717, 1.165) is 27.3 Å². The summed E-state index contributed by atoms with van der Waals surface area (Å²) in [7, 11) is -3.70. The van der Waals surface area contributed by atoms with Gasteiger partial charge in [-0.3, -0.25) is 9.52 Å². The fourth-order valence-electron chi connectivity index (χ4n) is 3.04. The Kier molecular flexibility index (Phi) is 4.16. The highest BCUT2D eigenvalue weighted by atomic mass is 32.2. The zero-order valence-corrected chi connectivity index (χ0v) is 15.7. The minimum Gasteiger partial charge on any atom is -0.312 e. The van der Waals surface area contributed by atoms with Gasteiger partial charge in [0.25, 0.3) is 10.0 Å². The smallest absolute Gasteiger partial charge is 0.261 e. The van der Waals surface area contributed by atoms with Gasteiger partial charge in [0.05, 0.1) is 25.8 Å². The highest BCUT2D eigenvalue weighted by Gasteiger charge is 2.22. The van der Waals surface area contributed by atoms with E-state index in [9.17, 15) is 13.2 Å². The molecule has 1 aliphatic rings. The zero-order valence-electron chi connectivity index (χ0n) is 14.1. The number of amides is 1. The molecule has 8 heteroatoms. The molecule has 1 aromatic heterocycles. The number of carbonyl (C=O) groups excluding carboxylic acids is 1. The fourth-order valence-corrected chi connectivity index (χ4v) is 4.96. The predicted octanol–water partition coefficient (Wildman–Crippen LogP) is 3.53. The standard InChI is InChI=1S/C18H17N3O3S2/c1-12-19-16-9-4-13(11-17(16)25-12)20-26(23,24)15-7-5-14(6-8-15)21-10-2-3-18(21)22/h4-9,11,20H,2-3,10H2,1H3. The minimum atomic E-state index is -3.70. The lowest BCUT2D eigenvalue weighted by Gasteiger charge is -2.16. The molecular weight excluding hydrogens is 370 g/mol. The molecule has 1 fully saturated rings. The van der Waals surface area contributed by atoms with E-state index in [2.05, 4.69) is 9.71 Å². The van der Waals surface area contributed by atoms with Gasteiger partial charge in [0.1, 0.15) is 0 Å². The Hall–Kier alpha value is -2.45. The maximum atomic E-state index is 12.6. The van der Waals surface area contributed by atoms with Crippen LogP contribution in [0.2, 0.25) is 0 Å². The molecular formula is C18H17N3O3S2. The number of aryl methyl sites for hydroxylation is 1. The topological polar surface area (TPSA) is 79.4 Å². The van der Waals surface area contributed by atoms with Gasteiger partial charge in [0, 0.05) is 18.7 Å². The minimum absolute atomic E-state index is 0.0758. The van der Waals surface area contributed by atoms with Gasteiger partial charge < -0.3 is 4.90 Å². The van der Waals surface area contributed by atoms with Crippen LogP contribution in [0, 0.1) is 6.92 Å². The van der Waals surface area contributed by atoms with Crippen LogP contribution in [0.4, 0.5) is 11.4 Å². The van der Waals surface area contributed by atoms with Crippen LogP contribution in [0.1, 0.15) is 17.8 Å². The van der Waals surface area contributed by atoms with Crippen molar-refractivity contribution < 1.29 is 13.2 Å². The summed E-state index contributed by atoms with van der Waals surface area (Å²) in [5, 5.41) is 0.937. The lowest BCUT2D eigenvalue weighted by Crippen LogP contribution is -2.23. The number of nitrogens with one attached hydrogen (secondary N) is 1. The van der Waals surface area contributed by atoms with E-state index in [4.69, 9.17) is 0 Å². The van der Waals surface area contributed by atoms with E-state index < -0.39 is 10.0 Å². The van der Waals surface area contributed by atoms with Crippen LogP contribution in [-0.2, 0) is 14.8 Å². The molecule has 1 saturated heterocycles. The van der Waals surface area contributed by atoms with Gasteiger partial charge >= 0.3 is 0 Å². The molecule has 0 bridgehead atoms. The lowest BCUT2D eigenvalue weighted by molar-refractivity contribution is -0.117. The van der Waals surface area contributed by atoms with Crippen molar-refractivity contribution in [3.05, 3.63) is 47.5 Å². The van der Waals surface area contributed by atoms with Crippen LogP contribution in [0.15, 0.2) is 47.4 Å². The molecule has 2 aromatic carbocycles. The van der Waals surface area contributed by atoms with Crippen molar-refractivity contribution >= 4 is 48.9 Å². The number of hydrogen-bond acceptors (Lipinski definition) is 5. The summed E-state index contributed by atoms with van der Waals surface area (Å²) in [6.07, 6.45) is 1.38. The Morgan fingerprint density at radius 1 is 1.15 bits per heavy atom. The van der Waals surface area contributed by atoms with Crippen molar-refractivity contribution in [2.45, 2.75) is 24.7 Å². The molecule has 0 atom stereocenters. The van der Waals surface area contributed by atoms with Crippen LogP contribution in [0.3, 0.4) is 0 Å². The number of rotatable bonds is 4. The Bertz CT molecular complexity index is 1090. The normalized spacial score (nSPS) is 15.0. The Morgan fingerprint density at radius 2 is 1.92 bits per heavy atom. The van der Waals surface area contributed by atoms with Gasteiger partial charge in [-0.25, -0.2) is 13.4 Å². The number of anilines is 2. The molecule has 134 valence electrons. The maximum Gasteiger partial charge on any atom is 0.261 e. The molecule has 0 radical (unpaired) electrons. The number of benzene rings is 2. The summed E-state index contributed by atoms with van der Waals surface area (Å²) in [6, 6.07) is 11.7. The van der Waals surface area contributed by atoms with Crippen molar-refractivity contribution in [1.29, 1.82) is 0 Å². The Morgan fingerprint density at radius 3 is 2.62 bits per heavy atom. The van der Waals surface area contributed by atoms with Crippen molar-refractivity contribution in [2.75, 3.05) is 16.2 Å². The molecule has 26 heavy (non-hydrogen) atoms. The van der Waals surface area contributed by atoms with Crippen LogP contribution in [0.25, 0.3) is 10.2 Å². The van der Waals surface area contributed by atoms with E-state index in [0.29, 0.717) is 18.7 Å². The number of aromatic nitrogens is 1. The molecule has 3 aromatic rings. The number of thiazole rings is 1. The van der Waals surface area contributed by atoms with Crippen LogP contribution < -0.4 is 9.62 Å². The molecule has 0 unspecified atom stereocenters. The predicted molar refractivity (Wildman–Crippen MR) is 103 cm³/mol. The maximum absolute atomic E-state index is 12.6. The molecule has 4 rings (SSSR count). The molecule has 1 N–H and O–H groups in total. The van der Waals surface area contributed by atoms with Gasteiger partial charge in [0.2, 0.25) is 5.91 Å². The van der Waals surface area contributed by atoms with Crippen LogP contribution in [0.5, 0.6) is 0 Å². The first-order chi connectivity index (χ1) is 12.4. The van der Waals surface area contributed by atoms with Gasteiger partial charge in [-0.15, -0.1) is 11.3 Å². The molecule has 0 spiro atoms. The molecule has 0 saturated carbocycles. The Labute approximate surface area is 155 Å². The highest BCUT2D eigenvalue weighted by Crippen LogP contribution is 2.27. The first kappa shape index (κ1) is 17.0. The van der Waals surface area contributed by atoms with Crippen LogP contribution >= 0.6 is 11.3 Å². The van der Waals surface area contributed by atoms with E-state index in [-0.39, 0.29) is 10.8 Å². The van der Waals surface area contributed by atoms with Crippen molar-refractivity contribution in [1.82, 2.24) is 4.98 Å². The van der Waals surface area contributed by atoms with Gasteiger partial charge in [-0.2, -0.15) is 0 Å². The first-order valence-electron chi connectivity index (χ1n) is 8.23. The quantitative estimate of drug-likeness (QED) is 0.743. The van der Waals surface area contributed by atoms with Crippen molar-refractivity contribution in [2.24, 2.45) is 0 Å². The third-order valence-electron chi connectivity index (χ3n) is 4.28. The zero-order chi connectivity index (χ0) is 18.3. The summed E-state index contributed by atoms with van der Waals surface area (Å²) in [4.78, 5) is 18.0. The fraction of sp³-hybridized carbons (Fsp3) is 0.222. The third kappa shape index (κ3) is 3.17. The molecule has 2 heterocycles. The number of nitrogens with zero attached hydrogens (tertiary/aromatic N) is 2. The van der Waals surface area contributed by atoms with Gasteiger partial charge in [0.15, 0.2) is 0 Å². The van der Waals surface area contributed by atoms with E-state index in [1.807, 2.05) is 6.92 Å². The van der Waals surface area contributed by atoms with E-state index in [1.165, 1.54) is 23.5 Å². The second-order valence-electron chi connectivity index (χ2n) is 6.16. The summed E-state index contributed by atoms with van der Waals surface area (Å²) in [5.74, 6) is 0.0758. The first-order valence-corrected chi connectivity index (χ1v) is 10.5. The average molecular weight is 387 g/mol. The second-order valence-corrected chi connectivity index (χ2v) is 9.08. The SMILES string of the molecule is Cc1nc2ccc(NS(=O)(=O)c3ccc(N4CCCC4=O)cc3)cc2s1. The van der Waals surface area contributed by atoms with E-state index in [1.54, 1.807) is 35.2 Å². The summed E-state index contributed by atoms with van der Waals surface area (Å²) < 4.78 is 28.8. The van der Waals surface area contributed by atoms with Gasteiger partial charge in [-0.1, -0.05) is 0 Å². The Balaban J connectivity index is 1.58. The largest absolute Gasteiger partial charge is 0.312 e.